The Kier molecular flexibility index (Phi) is 5.92. The van der Waals surface area contributed by atoms with Gasteiger partial charge in [-0.15, -0.1) is 12.4 Å². The van der Waals surface area contributed by atoms with Crippen molar-refractivity contribution in [3.8, 4) is 0 Å². The molecule has 5 N–H and O–H groups in total. The van der Waals surface area contributed by atoms with E-state index in [9.17, 15) is 9.00 Å². The Morgan fingerprint density at radius 3 is 2.32 bits per heavy atom. The molecule has 1 saturated heterocycles. The Morgan fingerprint density at radius 1 is 1.21 bits per heavy atom. The fourth-order valence-corrected chi connectivity index (χ4v) is 5.53. The number of benzene rings is 1. The Morgan fingerprint density at radius 2 is 1.82 bits per heavy atom. The first kappa shape index (κ1) is 21.3. The zero-order valence-electron chi connectivity index (χ0n) is 16.2. The van der Waals surface area contributed by atoms with Crippen LogP contribution >= 0.6 is 12.4 Å². The second kappa shape index (κ2) is 7.78. The highest BCUT2D eigenvalue weighted by Crippen LogP contribution is 2.39. The number of aryl methyl sites for hydroxylation is 2. The fraction of sp³-hybridized carbons (Fsp3) is 0.550. The lowest BCUT2D eigenvalue weighted by Crippen LogP contribution is -2.37. The summed E-state index contributed by atoms with van der Waals surface area (Å²) in [6.45, 7) is 2.79. The van der Waals surface area contributed by atoms with Crippen LogP contribution in [0.5, 0.6) is 0 Å². The summed E-state index contributed by atoms with van der Waals surface area (Å²) in [5.74, 6) is -0.498. The van der Waals surface area contributed by atoms with Gasteiger partial charge in [-0.2, -0.15) is 0 Å². The summed E-state index contributed by atoms with van der Waals surface area (Å²) in [6.07, 6.45) is 9.61. The van der Waals surface area contributed by atoms with Crippen molar-refractivity contribution in [1.29, 1.82) is 4.78 Å². The van der Waals surface area contributed by atoms with E-state index in [1.807, 2.05) is 6.92 Å². The Bertz CT molecular complexity index is 902. The maximum atomic E-state index is 13.1. The molecule has 1 amide bonds. The quantitative estimate of drug-likeness (QED) is 0.558. The minimum Gasteiger partial charge on any atom is -0.321 e. The van der Waals surface area contributed by atoms with Crippen molar-refractivity contribution in [3.05, 3.63) is 39.3 Å². The first-order valence-corrected chi connectivity index (χ1v) is 11.4. The predicted octanol–water partition coefficient (Wildman–Crippen LogP) is 2.97. The molecular formula is C20H29ClN4O2S. The Hall–Kier alpha value is -1.41. The molecule has 1 aliphatic heterocycles. The minimum absolute atomic E-state index is 0. The second-order valence-corrected chi connectivity index (χ2v) is 9.89. The van der Waals surface area contributed by atoms with Gasteiger partial charge in [0.25, 0.3) is 5.91 Å². The molecule has 0 saturated carbocycles. The van der Waals surface area contributed by atoms with Gasteiger partial charge in [0, 0.05) is 11.2 Å². The van der Waals surface area contributed by atoms with Crippen molar-refractivity contribution in [2.24, 2.45) is 5.14 Å². The SMILES string of the molecule is C[C@]1(C=C(C(=O)Nc2c3c(cc4c2CCC4)CCC3)S(=N)(N)=O)CCCN1.Cl. The van der Waals surface area contributed by atoms with E-state index in [2.05, 4.69) is 16.7 Å². The van der Waals surface area contributed by atoms with Crippen molar-refractivity contribution >= 4 is 33.9 Å². The zero-order valence-corrected chi connectivity index (χ0v) is 17.9. The van der Waals surface area contributed by atoms with Crippen LogP contribution in [0, 0.1) is 4.78 Å². The second-order valence-electron chi connectivity index (χ2n) is 8.25. The standard InChI is InChI=1S/C20H28N4O2S.ClH/c1-20(9-4-10-23-20)12-17(27(21,22)26)19(25)24-18-15-7-2-5-13(15)11-14-6-3-8-16(14)18;/h11-12,23H,2-10H2,1H3,(H,24,25)(H3,21,22,26);1H/t20-;/m1./s1. The summed E-state index contributed by atoms with van der Waals surface area (Å²) < 4.78 is 20.3. The van der Waals surface area contributed by atoms with Crippen molar-refractivity contribution in [2.75, 3.05) is 11.9 Å². The number of fused-ring (bicyclic) bond motifs is 2. The largest absolute Gasteiger partial charge is 0.321 e. The van der Waals surface area contributed by atoms with E-state index < -0.39 is 21.4 Å². The topological polar surface area (TPSA) is 108 Å². The maximum absolute atomic E-state index is 13.1. The van der Waals surface area contributed by atoms with Crippen LogP contribution in [-0.2, 0) is 40.4 Å². The molecular weight excluding hydrogens is 396 g/mol. The van der Waals surface area contributed by atoms with E-state index in [4.69, 9.17) is 9.92 Å². The maximum Gasteiger partial charge on any atom is 0.266 e. The van der Waals surface area contributed by atoms with Crippen molar-refractivity contribution < 1.29 is 9.00 Å². The van der Waals surface area contributed by atoms with Gasteiger partial charge < -0.3 is 10.6 Å². The number of carbonyl (C=O) groups is 1. The molecule has 8 heteroatoms. The van der Waals surface area contributed by atoms with E-state index in [1.165, 1.54) is 22.3 Å². The first-order chi connectivity index (χ1) is 12.8. The number of nitrogens with two attached hydrogens (primary N) is 1. The highest BCUT2D eigenvalue weighted by atomic mass is 35.5. The molecule has 28 heavy (non-hydrogen) atoms. The molecule has 3 aliphatic rings. The molecule has 1 unspecified atom stereocenters. The molecule has 1 heterocycles. The van der Waals surface area contributed by atoms with Crippen LogP contribution in [0.3, 0.4) is 0 Å². The van der Waals surface area contributed by atoms with Crippen molar-refractivity contribution in [3.63, 3.8) is 0 Å². The molecule has 0 bridgehead atoms. The van der Waals surface area contributed by atoms with E-state index >= 15 is 0 Å². The molecule has 0 spiro atoms. The molecule has 1 fully saturated rings. The third-order valence-corrected chi connectivity index (χ3v) is 7.07. The molecule has 1 aromatic rings. The van der Waals surface area contributed by atoms with Crippen LogP contribution in [-0.4, -0.2) is 22.2 Å². The summed E-state index contributed by atoms with van der Waals surface area (Å²) in [7, 11) is -3.63. The number of carbonyl (C=O) groups excluding carboxylic acids is 1. The van der Waals surface area contributed by atoms with E-state index in [0.717, 1.165) is 63.6 Å². The van der Waals surface area contributed by atoms with Gasteiger partial charge in [0.15, 0.2) is 0 Å². The van der Waals surface area contributed by atoms with Crippen LogP contribution in [0.1, 0.15) is 54.9 Å². The third-order valence-electron chi connectivity index (χ3n) is 6.11. The van der Waals surface area contributed by atoms with E-state index in [1.54, 1.807) is 6.08 Å². The summed E-state index contributed by atoms with van der Waals surface area (Å²) in [6, 6.07) is 2.30. The van der Waals surface area contributed by atoms with Crippen LogP contribution in [0.15, 0.2) is 17.0 Å². The number of nitrogens with one attached hydrogen (secondary N) is 3. The van der Waals surface area contributed by atoms with Gasteiger partial charge in [-0.05, 0) is 93.2 Å². The van der Waals surface area contributed by atoms with Crippen LogP contribution in [0.4, 0.5) is 5.69 Å². The monoisotopic (exact) mass is 424 g/mol. The summed E-state index contributed by atoms with van der Waals surface area (Å²) in [5.41, 5.74) is 5.50. The normalized spacial score (nSPS) is 25.6. The van der Waals surface area contributed by atoms with Crippen LogP contribution in [0.2, 0.25) is 0 Å². The van der Waals surface area contributed by atoms with Gasteiger partial charge in [-0.1, -0.05) is 6.07 Å². The van der Waals surface area contributed by atoms with Crippen LogP contribution < -0.4 is 15.8 Å². The predicted molar refractivity (Wildman–Crippen MR) is 115 cm³/mol. The fourth-order valence-electron chi connectivity index (χ4n) is 4.76. The van der Waals surface area contributed by atoms with Crippen molar-refractivity contribution in [2.45, 2.75) is 63.8 Å². The Labute approximate surface area is 173 Å². The zero-order chi connectivity index (χ0) is 19.2. The third kappa shape index (κ3) is 3.99. The molecule has 4 rings (SSSR count). The summed E-state index contributed by atoms with van der Waals surface area (Å²) in [4.78, 5) is 13.0. The molecule has 0 radical (unpaired) electrons. The average molecular weight is 425 g/mol. The lowest BCUT2D eigenvalue weighted by molar-refractivity contribution is -0.112. The highest BCUT2D eigenvalue weighted by molar-refractivity contribution is 7.95. The van der Waals surface area contributed by atoms with Crippen LogP contribution in [0.25, 0.3) is 0 Å². The number of hydrogen-bond acceptors (Lipinski definition) is 4. The van der Waals surface area contributed by atoms with Gasteiger partial charge >= 0.3 is 0 Å². The molecule has 1 aromatic carbocycles. The number of amides is 1. The summed E-state index contributed by atoms with van der Waals surface area (Å²) >= 11 is 0. The van der Waals surface area contributed by atoms with Gasteiger partial charge in [0.05, 0.1) is 0 Å². The molecule has 2 atom stereocenters. The number of hydrogen-bond donors (Lipinski definition) is 4. The minimum atomic E-state index is -3.63. The van der Waals surface area contributed by atoms with Crippen molar-refractivity contribution in [1.82, 2.24) is 5.32 Å². The van der Waals surface area contributed by atoms with E-state index in [-0.39, 0.29) is 17.3 Å². The lowest BCUT2D eigenvalue weighted by atomic mass is 9.98. The van der Waals surface area contributed by atoms with Gasteiger partial charge in [0.2, 0.25) is 0 Å². The average Bonchev–Trinajstić information content (AvgIpc) is 3.31. The molecule has 0 aromatic heterocycles. The molecule has 6 nitrogen and oxygen atoms in total. The Balaban J connectivity index is 0.00000225. The number of rotatable bonds is 4. The van der Waals surface area contributed by atoms with E-state index in [0.29, 0.717) is 0 Å². The number of halogens is 1. The van der Waals surface area contributed by atoms with Gasteiger partial charge in [-0.25, -0.2) is 14.1 Å². The highest BCUT2D eigenvalue weighted by Gasteiger charge is 2.31. The molecule has 154 valence electrons. The van der Waals surface area contributed by atoms with Gasteiger partial charge in [-0.3, -0.25) is 4.79 Å². The van der Waals surface area contributed by atoms with Gasteiger partial charge in [0.1, 0.15) is 14.8 Å². The smallest absolute Gasteiger partial charge is 0.266 e. The number of anilines is 1. The summed E-state index contributed by atoms with van der Waals surface area (Å²) in [5, 5.41) is 12.0. The first-order valence-electron chi connectivity index (χ1n) is 9.79. The molecule has 2 aliphatic carbocycles. The lowest BCUT2D eigenvalue weighted by Gasteiger charge is -2.22.